The van der Waals surface area contributed by atoms with E-state index in [0.29, 0.717) is 5.25 Å². The predicted molar refractivity (Wildman–Crippen MR) is 72.6 cm³/mol. The second kappa shape index (κ2) is 5.01. The van der Waals surface area contributed by atoms with Gasteiger partial charge in [0.25, 0.3) is 0 Å². The van der Waals surface area contributed by atoms with Crippen LogP contribution in [-0.4, -0.2) is 17.5 Å². The van der Waals surface area contributed by atoms with Gasteiger partial charge in [0.1, 0.15) is 5.75 Å². The van der Waals surface area contributed by atoms with Crippen molar-refractivity contribution < 1.29 is 4.74 Å². The summed E-state index contributed by atoms with van der Waals surface area (Å²) in [4.78, 5) is 1.13. The Bertz CT molecular complexity index is 418. The van der Waals surface area contributed by atoms with Crippen LogP contribution in [0.15, 0.2) is 27.5 Å². The lowest BCUT2D eigenvalue weighted by Crippen LogP contribution is -2.13. The summed E-state index contributed by atoms with van der Waals surface area (Å²) in [6.07, 6.45) is 0. The SMILES string of the molecule is COc1ccc2c(c1)NC(SC(C)C)=NS2. The van der Waals surface area contributed by atoms with Crippen molar-refractivity contribution in [3.63, 3.8) is 0 Å². The number of rotatable bonds is 2. The summed E-state index contributed by atoms with van der Waals surface area (Å²) in [5.41, 5.74) is 1.07. The molecule has 1 aromatic rings. The maximum atomic E-state index is 5.20. The van der Waals surface area contributed by atoms with E-state index in [1.807, 2.05) is 18.2 Å². The molecule has 2 rings (SSSR count). The fourth-order valence-electron chi connectivity index (χ4n) is 1.32. The number of hydrogen-bond acceptors (Lipinski definition) is 5. The first-order chi connectivity index (χ1) is 7.69. The van der Waals surface area contributed by atoms with E-state index in [9.17, 15) is 0 Å². The van der Waals surface area contributed by atoms with Gasteiger partial charge in [-0.15, -0.1) is 0 Å². The molecule has 0 spiro atoms. The molecular formula is C11H14N2OS2. The molecule has 1 heterocycles. The number of fused-ring (bicyclic) bond motifs is 1. The zero-order valence-corrected chi connectivity index (χ0v) is 11.1. The van der Waals surface area contributed by atoms with Gasteiger partial charge < -0.3 is 10.1 Å². The van der Waals surface area contributed by atoms with E-state index in [4.69, 9.17) is 4.74 Å². The van der Waals surface area contributed by atoms with Gasteiger partial charge in [0.2, 0.25) is 0 Å². The number of anilines is 1. The van der Waals surface area contributed by atoms with E-state index in [1.165, 1.54) is 11.9 Å². The minimum atomic E-state index is 0.527. The van der Waals surface area contributed by atoms with Crippen molar-refractivity contribution in [2.24, 2.45) is 4.40 Å². The van der Waals surface area contributed by atoms with Crippen LogP contribution in [0, 0.1) is 0 Å². The van der Waals surface area contributed by atoms with E-state index < -0.39 is 0 Å². The molecular weight excluding hydrogens is 240 g/mol. The first kappa shape index (κ1) is 11.7. The third kappa shape index (κ3) is 2.65. The average molecular weight is 254 g/mol. The molecule has 0 saturated heterocycles. The first-order valence-electron chi connectivity index (χ1n) is 5.06. The monoisotopic (exact) mass is 254 g/mol. The smallest absolute Gasteiger partial charge is 0.173 e. The van der Waals surface area contributed by atoms with Gasteiger partial charge in [0.05, 0.1) is 17.7 Å². The van der Waals surface area contributed by atoms with Crippen molar-refractivity contribution in [2.45, 2.75) is 24.0 Å². The number of methoxy groups -OCH3 is 1. The third-order valence-corrected chi connectivity index (χ3v) is 3.83. The zero-order valence-electron chi connectivity index (χ0n) is 9.48. The van der Waals surface area contributed by atoms with Gasteiger partial charge in [-0.3, -0.25) is 0 Å². The molecule has 0 bridgehead atoms. The normalized spacial score (nSPS) is 14.1. The Kier molecular flexibility index (Phi) is 3.66. The van der Waals surface area contributed by atoms with Crippen LogP contribution in [0.3, 0.4) is 0 Å². The fraction of sp³-hybridized carbons (Fsp3) is 0.364. The van der Waals surface area contributed by atoms with Gasteiger partial charge in [0, 0.05) is 23.3 Å². The highest BCUT2D eigenvalue weighted by Crippen LogP contribution is 2.36. The lowest BCUT2D eigenvalue weighted by Gasteiger charge is -2.18. The molecule has 0 saturated carbocycles. The van der Waals surface area contributed by atoms with Crippen molar-refractivity contribution in [1.82, 2.24) is 0 Å². The van der Waals surface area contributed by atoms with E-state index >= 15 is 0 Å². The molecule has 0 amide bonds. The molecule has 0 radical (unpaired) electrons. The highest BCUT2D eigenvalue weighted by Gasteiger charge is 2.14. The van der Waals surface area contributed by atoms with Crippen molar-refractivity contribution in [1.29, 1.82) is 0 Å². The van der Waals surface area contributed by atoms with Crippen LogP contribution in [-0.2, 0) is 0 Å². The summed E-state index contributed by atoms with van der Waals surface area (Å²) < 4.78 is 9.61. The Balaban J connectivity index is 2.17. The Morgan fingerprint density at radius 1 is 1.44 bits per heavy atom. The van der Waals surface area contributed by atoms with Crippen molar-refractivity contribution >= 4 is 34.6 Å². The molecule has 86 valence electrons. The molecule has 16 heavy (non-hydrogen) atoms. The zero-order chi connectivity index (χ0) is 11.5. The summed E-state index contributed by atoms with van der Waals surface area (Å²) in [5.74, 6) is 0.864. The predicted octanol–water partition coefficient (Wildman–Crippen LogP) is 3.63. The van der Waals surface area contributed by atoms with Gasteiger partial charge in [-0.1, -0.05) is 25.6 Å². The van der Waals surface area contributed by atoms with Crippen LogP contribution in [0.4, 0.5) is 5.69 Å². The van der Waals surface area contributed by atoms with Crippen LogP contribution >= 0.6 is 23.7 Å². The number of nitrogens with one attached hydrogen (secondary N) is 1. The topological polar surface area (TPSA) is 33.6 Å². The maximum Gasteiger partial charge on any atom is 0.173 e. The molecule has 1 aromatic carbocycles. The van der Waals surface area contributed by atoms with E-state index in [1.54, 1.807) is 18.9 Å². The van der Waals surface area contributed by atoms with Gasteiger partial charge in [0.15, 0.2) is 5.17 Å². The molecule has 0 unspecified atom stereocenters. The molecule has 5 heteroatoms. The Morgan fingerprint density at radius 2 is 2.25 bits per heavy atom. The first-order valence-corrected chi connectivity index (χ1v) is 6.71. The van der Waals surface area contributed by atoms with Gasteiger partial charge in [-0.05, 0) is 12.1 Å². The Hall–Kier alpha value is -0.810. The Morgan fingerprint density at radius 3 is 2.94 bits per heavy atom. The largest absolute Gasteiger partial charge is 0.497 e. The van der Waals surface area contributed by atoms with Gasteiger partial charge in [-0.25, -0.2) is 0 Å². The molecule has 1 N–H and O–H groups in total. The summed E-state index contributed by atoms with van der Waals surface area (Å²) in [6, 6.07) is 5.97. The van der Waals surface area contributed by atoms with Crippen molar-refractivity contribution in [3.05, 3.63) is 18.2 Å². The minimum Gasteiger partial charge on any atom is -0.497 e. The Labute approximate surface area is 104 Å². The summed E-state index contributed by atoms with van der Waals surface area (Å²) in [5, 5.41) is 4.80. The fourth-order valence-corrected chi connectivity index (χ4v) is 2.78. The number of amidine groups is 1. The van der Waals surface area contributed by atoms with E-state index in [-0.39, 0.29) is 0 Å². The number of hydrogen-bond donors (Lipinski definition) is 1. The average Bonchev–Trinajstić information content (AvgIpc) is 2.27. The molecule has 0 fully saturated rings. The van der Waals surface area contributed by atoms with Crippen molar-refractivity contribution in [3.8, 4) is 5.75 Å². The number of nitrogens with zero attached hydrogens (tertiary/aromatic N) is 1. The molecule has 1 aliphatic heterocycles. The van der Waals surface area contributed by atoms with Crippen LogP contribution in [0.1, 0.15) is 13.8 Å². The number of benzene rings is 1. The molecule has 1 aliphatic rings. The lowest BCUT2D eigenvalue weighted by molar-refractivity contribution is 0.415. The third-order valence-electron chi connectivity index (χ3n) is 2.00. The maximum absolute atomic E-state index is 5.20. The van der Waals surface area contributed by atoms with Crippen LogP contribution in [0.5, 0.6) is 5.75 Å². The van der Waals surface area contributed by atoms with E-state index in [2.05, 4.69) is 23.6 Å². The summed E-state index contributed by atoms with van der Waals surface area (Å²) in [7, 11) is 1.68. The minimum absolute atomic E-state index is 0.527. The molecule has 0 atom stereocenters. The molecule has 0 aromatic heterocycles. The highest BCUT2D eigenvalue weighted by atomic mass is 32.2. The van der Waals surface area contributed by atoms with Gasteiger partial charge >= 0.3 is 0 Å². The number of thioether (sulfide) groups is 1. The highest BCUT2D eigenvalue weighted by molar-refractivity contribution is 8.15. The standard InChI is InChI=1S/C11H14N2OS2/c1-7(2)15-11-12-9-6-8(14-3)4-5-10(9)16-13-11/h4-7H,1-3H3,(H,12,13). The second-order valence-electron chi connectivity index (χ2n) is 3.64. The molecule has 3 nitrogen and oxygen atoms in total. The summed E-state index contributed by atoms with van der Waals surface area (Å²) in [6.45, 7) is 4.31. The van der Waals surface area contributed by atoms with Crippen LogP contribution in [0.25, 0.3) is 0 Å². The van der Waals surface area contributed by atoms with Crippen LogP contribution < -0.4 is 10.1 Å². The van der Waals surface area contributed by atoms with E-state index in [0.717, 1.165) is 21.5 Å². The van der Waals surface area contributed by atoms with Crippen molar-refractivity contribution in [2.75, 3.05) is 12.4 Å². The number of ether oxygens (including phenoxy) is 1. The van der Waals surface area contributed by atoms with Crippen LogP contribution in [0.2, 0.25) is 0 Å². The lowest BCUT2D eigenvalue weighted by atomic mass is 10.3. The summed E-state index contributed by atoms with van der Waals surface area (Å²) >= 11 is 3.24. The quantitative estimate of drug-likeness (QED) is 0.817. The second-order valence-corrected chi connectivity index (χ2v) is 6.01. The van der Waals surface area contributed by atoms with Gasteiger partial charge in [-0.2, -0.15) is 4.40 Å². The molecule has 0 aliphatic carbocycles.